The number of fused-ring (bicyclic) bond motifs is 1. The van der Waals surface area contributed by atoms with E-state index in [1.54, 1.807) is 12.1 Å². The zero-order chi connectivity index (χ0) is 23.9. The highest BCUT2D eigenvalue weighted by Gasteiger charge is 2.29. The maximum atomic E-state index is 13.7. The third-order valence-corrected chi connectivity index (χ3v) is 8.41. The van der Waals surface area contributed by atoms with Gasteiger partial charge in [0.05, 0.1) is 16.1 Å². The maximum absolute atomic E-state index is 13.7. The summed E-state index contributed by atoms with van der Waals surface area (Å²) in [6.07, 6.45) is 1.53. The fourth-order valence-electron chi connectivity index (χ4n) is 4.71. The standard InChI is InChI=1S/C28H29N3O2S/c1-20-9-12-23(13-10-20)34(32,33)27-19-29-25-7-5-4-6-24(25)28(27)31-16-14-30(15-17-31)26-18-21(2)8-11-22(26)3/h4-13,18-19H,14-17H2,1-3H3. The first kappa shape index (κ1) is 22.4. The Labute approximate surface area is 201 Å². The molecule has 1 fully saturated rings. The molecule has 1 saturated heterocycles. The minimum atomic E-state index is -3.72. The Morgan fingerprint density at radius 1 is 0.765 bits per heavy atom. The number of sulfone groups is 1. The van der Waals surface area contributed by atoms with Crippen LogP contribution in [-0.4, -0.2) is 39.6 Å². The van der Waals surface area contributed by atoms with Gasteiger partial charge in [-0.15, -0.1) is 0 Å². The summed E-state index contributed by atoms with van der Waals surface area (Å²) in [4.78, 5) is 9.70. The van der Waals surface area contributed by atoms with Crippen molar-refractivity contribution in [1.82, 2.24) is 4.98 Å². The zero-order valence-corrected chi connectivity index (χ0v) is 20.6. The number of aromatic nitrogens is 1. The van der Waals surface area contributed by atoms with E-state index in [0.717, 1.165) is 48.3 Å². The van der Waals surface area contributed by atoms with E-state index in [9.17, 15) is 8.42 Å². The van der Waals surface area contributed by atoms with E-state index >= 15 is 0 Å². The van der Waals surface area contributed by atoms with Gasteiger partial charge >= 0.3 is 0 Å². The molecule has 34 heavy (non-hydrogen) atoms. The van der Waals surface area contributed by atoms with Crippen molar-refractivity contribution in [2.45, 2.75) is 30.6 Å². The summed E-state index contributed by atoms with van der Waals surface area (Å²) in [5, 5.41) is 0.871. The van der Waals surface area contributed by atoms with Gasteiger partial charge in [0.25, 0.3) is 0 Å². The van der Waals surface area contributed by atoms with Crippen molar-refractivity contribution in [2.24, 2.45) is 0 Å². The molecule has 1 aromatic heterocycles. The molecule has 1 aliphatic heterocycles. The van der Waals surface area contributed by atoms with Gasteiger partial charge in [0, 0.05) is 43.4 Å². The minimum Gasteiger partial charge on any atom is -0.368 e. The van der Waals surface area contributed by atoms with Gasteiger partial charge in [-0.25, -0.2) is 8.42 Å². The number of para-hydroxylation sites is 1. The fraction of sp³-hybridized carbons (Fsp3) is 0.250. The highest BCUT2D eigenvalue weighted by molar-refractivity contribution is 7.91. The molecule has 1 aliphatic rings. The van der Waals surface area contributed by atoms with E-state index in [1.807, 2.05) is 43.3 Å². The van der Waals surface area contributed by atoms with Gasteiger partial charge < -0.3 is 9.80 Å². The van der Waals surface area contributed by atoms with Crippen molar-refractivity contribution in [2.75, 3.05) is 36.0 Å². The predicted octanol–water partition coefficient (Wildman–Crippen LogP) is 5.32. The van der Waals surface area contributed by atoms with Crippen LogP contribution in [0.1, 0.15) is 16.7 Å². The average Bonchev–Trinajstić information content (AvgIpc) is 2.85. The molecule has 2 heterocycles. The van der Waals surface area contributed by atoms with Gasteiger partial charge in [0.15, 0.2) is 0 Å². The van der Waals surface area contributed by atoms with Crippen molar-refractivity contribution >= 4 is 32.1 Å². The molecule has 0 atom stereocenters. The molecule has 5 nitrogen and oxygen atoms in total. The van der Waals surface area contributed by atoms with Crippen LogP contribution in [0.3, 0.4) is 0 Å². The lowest BCUT2D eigenvalue weighted by molar-refractivity contribution is 0.594. The minimum absolute atomic E-state index is 0.273. The molecule has 0 saturated carbocycles. The van der Waals surface area contributed by atoms with Crippen molar-refractivity contribution < 1.29 is 8.42 Å². The van der Waals surface area contributed by atoms with Crippen molar-refractivity contribution in [3.63, 3.8) is 0 Å². The second-order valence-electron chi connectivity index (χ2n) is 9.07. The van der Waals surface area contributed by atoms with Gasteiger partial charge in [0.2, 0.25) is 9.84 Å². The van der Waals surface area contributed by atoms with E-state index in [2.05, 4.69) is 46.8 Å². The van der Waals surface area contributed by atoms with Crippen LogP contribution in [0.2, 0.25) is 0 Å². The normalized spacial score (nSPS) is 14.6. The molecule has 0 radical (unpaired) electrons. The molecule has 0 amide bonds. The topological polar surface area (TPSA) is 53.5 Å². The number of nitrogens with zero attached hydrogens (tertiary/aromatic N) is 3. The molecular weight excluding hydrogens is 442 g/mol. The number of anilines is 2. The zero-order valence-electron chi connectivity index (χ0n) is 19.8. The van der Waals surface area contributed by atoms with Crippen molar-refractivity contribution in [1.29, 1.82) is 0 Å². The molecule has 6 heteroatoms. The Balaban J connectivity index is 1.55. The van der Waals surface area contributed by atoms with Gasteiger partial charge in [-0.3, -0.25) is 4.98 Å². The summed E-state index contributed by atoms with van der Waals surface area (Å²) in [5.74, 6) is 0. The smallest absolute Gasteiger partial charge is 0.210 e. The number of benzene rings is 3. The summed E-state index contributed by atoms with van der Waals surface area (Å²) in [5.41, 5.74) is 6.35. The summed E-state index contributed by atoms with van der Waals surface area (Å²) in [6.45, 7) is 9.33. The van der Waals surface area contributed by atoms with Crippen LogP contribution in [0.15, 0.2) is 82.7 Å². The van der Waals surface area contributed by atoms with Crippen LogP contribution < -0.4 is 9.80 Å². The second-order valence-corrected chi connectivity index (χ2v) is 11.0. The molecule has 0 spiro atoms. The Bertz CT molecular complexity index is 1460. The molecule has 0 aliphatic carbocycles. The van der Waals surface area contributed by atoms with Crippen molar-refractivity contribution in [3.8, 4) is 0 Å². The molecule has 0 bridgehead atoms. The van der Waals surface area contributed by atoms with E-state index in [-0.39, 0.29) is 4.90 Å². The number of pyridine rings is 1. The summed E-state index contributed by atoms with van der Waals surface area (Å²) < 4.78 is 27.5. The molecule has 0 unspecified atom stereocenters. The highest BCUT2D eigenvalue weighted by Crippen LogP contribution is 2.37. The summed E-state index contributed by atoms with van der Waals surface area (Å²) in [6, 6.07) is 21.4. The molecular formula is C28H29N3O2S. The van der Waals surface area contributed by atoms with Crippen LogP contribution in [0.25, 0.3) is 10.9 Å². The van der Waals surface area contributed by atoms with E-state index in [4.69, 9.17) is 0 Å². The molecule has 5 rings (SSSR count). The van der Waals surface area contributed by atoms with Gasteiger partial charge in [0.1, 0.15) is 4.90 Å². The van der Waals surface area contributed by atoms with Gasteiger partial charge in [-0.05, 0) is 56.2 Å². The van der Waals surface area contributed by atoms with Crippen LogP contribution in [0.4, 0.5) is 11.4 Å². The lowest BCUT2D eigenvalue weighted by Crippen LogP contribution is -2.47. The van der Waals surface area contributed by atoms with Crippen LogP contribution in [0, 0.1) is 20.8 Å². The van der Waals surface area contributed by atoms with E-state index in [1.165, 1.54) is 23.0 Å². The lowest BCUT2D eigenvalue weighted by Gasteiger charge is -2.39. The first-order chi connectivity index (χ1) is 16.3. The molecule has 174 valence electrons. The Hall–Kier alpha value is -3.38. The Morgan fingerprint density at radius 2 is 1.41 bits per heavy atom. The number of rotatable bonds is 4. The Morgan fingerprint density at radius 3 is 2.15 bits per heavy atom. The third kappa shape index (κ3) is 4.03. The first-order valence-electron chi connectivity index (χ1n) is 11.6. The van der Waals surface area contributed by atoms with Crippen LogP contribution >= 0.6 is 0 Å². The number of hydrogen-bond acceptors (Lipinski definition) is 5. The largest absolute Gasteiger partial charge is 0.368 e. The summed E-state index contributed by atoms with van der Waals surface area (Å²) in [7, 11) is -3.72. The number of aryl methyl sites for hydroxylation is 3. The fourth-order valence-corrected chi connectivity index (χ4v) is 6.14. The highest BCUT2D eigenvalue weighted by atomic mass is 32.2. The molecule has 0 N–H and O–H groups in total. The summed E-state index contributed by atoms with van der Waals surface area (Å²) >= 11 is 0. The maximum Gasteiger partial charge on any atom is 0.210 e. The average molecular weight is 472 g/mol. The predicted molar refractivity (Wildman–Crippen MR) is 139 cm³/mol. The monoisotopic (exact) mass is 471 g/mol. The van der Waals surface area contributed by atoms with Gasteiger partial charge in [-0.1, -0.05) is 48.0 Å². The molecule has 3 aromatic carbocycles. The van der Waals surface area contributed by atoms with Gasteiger partial charge in [-0.2, -0.15) is 0 Å². The number of hydrogen-bond donors (Lipinski definition) is 0. The SMILES string of the molecule is Cc1ccc(S(=O)(=O)c2cnc3ccccc3c2N2CCN(c3cc(C)ccc3C)CC2)cc1. The van der Waals surface area contributed by atoms with Crippen molar-refractivity contribution in [3.05, 3.63) is 89.6 Å². The van der Waals surface area contributed by atoms with E-state index in [0.29, 0.717) is 4.90 Å². The Kier molecular flexibility index (Phi) is 5.78. The lowest BCUT2D eigenvalue weighted by atomic mass is 10.1. The first-order valence-corrected chi connectivity index (χ1v) is 13.1. The van der Waals surface area contributed by atoms with Crippen LogP contribution in [0.5, 0.6) is 0 Å². The van der Waals surface area contributed by atoms with Crippen LogP contribution in [-0.2, 0) is 9.84 Å². The molecule has 4 aromatic rings. The third-order valence-electron chi connectivity index (χ3n) is 6.64. The second kappa shape index (κ2) is 8.76. The quantitative estimate of drug-likeness (QED) is 0.403. The van der Waals surface area contributed by atoms with E-state index < -0.39 is 9.84 Å². The number of piperazine rings is 1.